The van der Waals surface area contributed by atoms with Crippen molar-refractivity contribution in [3.63, 3.8) is 0 Å². The molecule has 1 aromatic heterocycles. The van der Waals surface area contributed by atoms with Crippen molar-refractivity contribution in [1.82, 2.24) is 9.88 Å². The molecular weight excluding hydrogens is 324 g/mol. The lowest BCUT2D eigenvalue weighted by Gasteiger charge is -2.16. The number of Topliss-reactive ketones (excluding diaryl/α,β-unsaturated/α-hetero) is 1. The number of nitrogens with one attached hydrogen (secondary N) is 1. The fourth-order valence-electron chi connectivity index (χ4n) is 3.80. The molecule has 1 N–H and O–H groups in total. The first-order valence-electron chi connectivity index (χ1n) is 9.27. The summed E-state index contributed by atoms with van der Waals surface area (Å²) in [6, 6.07) is 10.4. The van der Waals surface area contributed by atoms with Crippen LogP contribution in [0.3, 0.4) is 0 Å². The van der Waals surface area contributed by atoms with E-state index in [1.807, 2.05) is 25.1 Å². The van der Waals surface area contributed by atoms with Gasteiger partial charge in [-0.1, -0.05) is 36.4 Å². The highest BCUT2D eigenvalue weighted by molar-refractivity contribution is 6.01. The van der Waals surface area contributed by atoms with Gasteiger partial charge in [0.1, 0.15) is 0 Å². The van der Waals surface area contributed by atoms with E-state index in [2.05, 4.69) is 28.6 Å². The van der Waals surface area contributed by atoms with Crippen molar-refractivity contribution in [3.8, 4) is 0 Å². The average molecular weight is 350 g/mol. The van der Waals surface area contributed by atoms with Crippen LogP contribution in [0.25, 0.3) is 0 Å². The zero-order valence-electron chi connectivity index (χ0n) is 15.4. The maximum atomic E-state index is 12.6. The summed E-state index contributed by atoms with van der Waals surface area (Å²) >= 11 is 0. The summed E-state index contributed by atoms with van der Waals surface area (Å²) in [5.41, 5.74) is 5.15. The molecule has 26 heavy (non-hydrogen) atoms. The molecule has 4 heteroatoms. The van der Waals surface area contributed by atoms with E-state index < -0.39 is 0 Å². The molecule has 1 aliphatic carbocycles. The van der Waals surface area contributed by atoms with Gasteiger partial charge in [-0.25, -0.2) is 0 Å². The van der Waals surface area contributed by atoms with E-state index in [9.17, 15) is 9.59 Å². The minimum absolute atomic E-state index is 0.0608. The number of nitrogens with zero attached hydrogens (tertiary/aromatic N) is 1. The molecule has 3 rings (SSSR count). The Kier molecular flexibility index (Phi) is 5.71. The van der Waals surface area contributed by atoms with Gasteiger partial charge in [0.25, 0.3) is 0 Å². The van der Waals surface area contributed by atoms with Gasteiger partial charge < -0.3 is 9.88 Å². The van der Waals surface area contributed by atoms with Crippen molar-refractivity contribution in [2.24, 2.45) is 0 Å². The lowest BCUT2D eigenvalue weighted by molar-refractivity contribution is -0.120. The Labute approximate surface area is 154 Å². The average Bonchev–Trinajstić information content (AvgIpc) is 2.92. The number of aryl methyl sites for hydroxylation is 1. The van der Waals surface area contributed by atoms with Crippen molar-refractivity contribution in [2.45, 2.75) is 45.6 Å². The van der Waals surface area contributed by atoms with Crippen LogP contribution in [0.4, 0.5) is 0 Å². The van der Waals surface area contributed by atoms with Gasteiger partial charge in [-0.05, 0) is 37.3 Å². The third-order valence-corrected chi connectivity index (χ3v) is 5.10. The number of ketones is 1. The predicted molar refractivity (Wildman–Crippen MR) is 103 cm³/mol. The van der Waals surface area contributed by atoms with E-state index in [1.165, 1.54) is 5.56 Å². The van der Waals surface area contributed by atoms with Crippen LogP contribution in [-0.4, -0.2) is 22.8 Å². The molecule has 0 saturated carbocycles. The lowest BCUT2D eigenvalue weighted by atomic mass is 9.92. The first kappa shape index (κ1) is 18.2. The summed E-state index contributed by atoms with van der Waals surface area (Å²) in [5.74, 6) is 0.119. The second-order valence-electron chi connectivity index (χ2n) is 6.82. The van der Waals surface area contributed by atoms with Gasteiger partial charge in [0, 0.05) is 36.5 Å². The maximum Gasteiger partial charge on any atom is 0.224 e. The number of hydrogen-bond acceptors (Lipinski definition) is 2. The summed E-state index contributed by atoms with van der Waals surface area (Å²) in [6.45, 7) is 6.94. The molecule has 0 radical (unpaired) electrons. The molecule has 0 unspecified atom stereocenters. The van der Waals surface area contributed by atoms with Crippen LogP contribution in [-0.2, 0) is 30.6 Å². The second-order valence-corrected chi connectivity index (χ2v) is 6.82. The van der Waals surface area contributed by atoms with Crippen LogP contribution in [0.5, 0.6) is 0 Å². The minimum Gasteiger partial charge on any atom is -0.352 e. The normalized spacial score (nSPS) is 13.3. The van der Waals surface area contributed by atoms with E-state index in [0.717, 1.165) is 48.3 Å². The summed E-state index contributed by atoms with van der Waals surface area (Å²) in [6.07, 6.45) is 5.21. The molecular formula is C22H26N2O2. The smallest absolute Gasteiger partial charge is 0.224 e. The summed E-state index contributed by atoms with van der Waals surface area (Å²) in [7, 11) is 0. The Hall–Kier alpha value is -2.62. The molecule has 1 aromatic carbocycles. The van der Waals surface area contributed by atoms with Gasteiger partial charge in [0.2, 0.25) is 5.91 Å². The monoisotopic (exact) mass is 350 g/mol. The highest BCUT2D eigenvalue weighted by atomic mass is 16.1. The Morgan fingerprint density at radius 2 is 2.04 bits per heavy atom. The molecule has 4 nitrogen and oxygen atoms in total. The van der Waals surface area contributed by atoms with E-state index in [4.69, 9.17) is 0 Å². The molecule has 0 spiro atoms. The third kappa shape index (κ3) is 3.79. The van der Waals surface area contributed by atoms with Gasteiger partial charge in [0.05, 0.1) is 6.42 Å². The fraction of sp³-hybridized carbons (Fsp3) is 0.364. The number of hydrogen-bond donors (Lipinski definition) is 1. The van der Waals surface area contributed by atoms with E-state index in [-0.39, 0.29) is 18.1 Å². The second kappa shape index (κ2) is 8.17. The van der Waals surface area contributed by atoms with Crippen LogP contribution >= 0.6 is 0 Å². The van der Waals surface area contributed by atoms with Crippen molar-refractivity contribution in [2.75, 3.05) is 6.54 Å². The minimum atomic E-state index is -0.0608. The Morgan fingerprint density at radius 1 is 1.27 bits per heavy atom. The Bertz CT molecular complexity index is 818. The van der Waals surface area contributed by atoms with Gasteiger partial charge in [-0.15, -0.1) is 6.58 Å². The SMILES string of the molecule is C=CCNC(=O)Cc1c2c(n(CCc3ccccc3)c1C)CCCC2=O. The summed E-state index contributed by atoms with van der Waals surface area (Å²) < 4.78 is 2.26. The summed E-state index contributed by atoms with van der Waals surface area (Å²) in [5, 5.41) is 2.82. The Morgan fingerprint density at radius 3 is 2.77 bits per heavy atom. The van der Waals surface area contributed by atoms with E-state index in [1.54, 1.807) is 6.08 Å². The molecule has 1 aliphatic rings. The van der Waals surface area contributed by atoms with Crippen molar-refractivity contribution < 1.29 is 9.59 Å². The zero-order valence-corrected chi connectivity index (χ0v) is 15.4. The highest BCUT2D eigenvalue weighted by Crippen LogP contribution is 2.30. The zero-order chi connectivity index (χ0) is 18.5. The number of carbonyl (C=O) groups is 2. The molecule has 1 amide bonds. The lowest BCUT2D eigenvalue weighted by Crippen LogP contribution is -2.26. The number of rotatable bonds is 7. The quantitative estimate of drug-likeness (QED) is 0.778. The number of aromatic nitrogens is 1. The number of amides is 1. The molecule has 1 heterocycles. The molecule has 0 saturated heterocycles. The van der Waals surface area contributed by atoms with Crippen LogP contribution < -0.4 is 5.32 Å². The van der Waals surface area contributed by atoms with Crippen LogP contribution in [0.2, 0.25) is 0 Å². The van der Waals surface area contributed by atoms with Gasteiger partial charge in [0.15, 0.2) is 5.78 Å². The van der Waals surface area contributed by atoms with Crippen LogP contribution in [0.15, 0.2) is 43.0 Å². The number of benzene rings is 1. The van der Waals surface area contributed by atoms with Crippen molar-refractivity contribution in [1.29, 1.82) is 0 Å². The van der Waals surface area contributed by atoms with Gasteiger partial charge in [-0.2, -0.15) is 0 Å². The molecule has 0 bridgehead atoms. The Balaban J connectivity index is 1.89. The standard InChI is InChI=1S/C22H26N2O2/c1-3-13-23-21(26)15-18-16(2)24(14-12-17-8-5-4-6-9-17)19-10-7-11-20(25)22(18)19/h3-6,8-9H,1,7,10-15H2,2H3,(H,23,26). The van der Waals surface area contributed by atoms with Crippen LogP contribution in [0, 0.1) is 6.92 Å². The molecule has 0 aliphatic heterocycles. The fourth-order valence-corrected chi connectivity index (χ4v) is 3.80. The maximum absolute atomic E-state index is 12.6. The number of carbonyl (C=O) groups excluding carboxylic acids is 2. The van der Waals surface area contributed by atoms with Gasteiger partial charge in [-0.3, -0.25) is 9.59 Å². The predicted octanol–water partition coefficient (Wildman–Crippen LogP) is 3.40. The van der Waals surface area contributed by atoms with E-state index in [0.29, 0.717) is 13.0 Å². The van der Waals surface area contributed by atoms with Gasteiger partial charge >= 0.3 is 0 Å². The van der Waals surface area contributed by atoms with E-state index >= 15 is 0 Å². The topological polar surface area (TPSA) is 51.1 Å². The molecule has 0 atom stereocenters. The molecule has 0 fully saturated rings. The number of fused-ring (bicyclic) bond motifs is 1. The first-order valence-corrected chi connectivity index (χ1v) is 9.27. The third-order valence-electron chi connectivity index (χ3n) is 5.10. The highest BCUT2D eigenvalue weighted by Gasteiger charge is 2.28. The van der Waals surface area contributed by atoms with Crippen LogP contribution in [0.1, 0.15) is 45.7 Å². The first-order chi connectivity index (χ1) is 12.6. The van der Waals surface area contributed by atoms with Crippen molar-refractivity contribution in [3.05, 3.63) is 71.1 Å². The molecule has 136 valence electrons. The largest absolute Gasteiger partial charge is 0.352 e. The summed E-state index contributed by atoms with van der Waals surface area (Å²) in [4.78, 5) is 24.8. The van der Waals surface area contributed by atoms with Crippen molar-refractivity contribution >= 4 is 11.7 Å². The molecule has 2 aromatic rings.